The molecule has 0 aromatic heterocycles. The van der Waals surface area contributed by atoms with Gasteiger partial charge in [0.25, 0.3) is 0 Å². The molecule has 1 saturated carbocycles. The van der Waals surface area contributed by atoms with Gasteiger partial charge in [-0.3, -0.25) is 14.9 Å². The van der Waals surface area contributed by atoms with Crippen LogP contribution in [-0.2, 0) is 9.59 Å². The molecule has 2 atom stereocenters. The van der Waals surface area contributed by atoms with Crippen LogP contribution in [0.5, 0.6) is 0 Å². The maximum atomic E-state index is 11.6. The molecule has 0 spiro atoms. The Kier molecular flexibility index (Phi) is 3.46. The third-order valence-electron chi connectivity index (χ3n) is 3.60. The number of amides is 2. The second kappa shape index (κ2) is 4.86. The maximum absolute atomic E-state index is 11.6. The second-order valence-electron chi connectivity index (χ2n) is 5.19. The van der Waals surface area contributed by atoms with Crippen molar-refractivity contribution < 1.29 is 9.59 Å². The summed E-state index contributed by atoms with van der Waals surface area (Å²) in [7, 11) is 0. The predicted octanol–water partition coefficient (Wildman–Crippen LogP) is 2.34. The fraction of sp³-hybridized carbons (Fsp3) is 0.571. The number of fused-ring (bicyclic) bond motifs is 1. The number of carbonyl (C=O) groups excluding carboxylic acids is 2. The molecule has 0 bridgehead atoms. The van der Waals surface area contributed by atoms with Gasteiger partial charge in [-0.15, -0.1) is 0 Å². The first-order chi connectivity index (χ1) is 8.08. The first kappa shape index (κ1) is 12.1. The van der Waals surface area contributed by atoms with Crippen LogP contribution in [0.4, 0.5) is 0 Å². The van der Waals surface area contributed by atoms with Gasteiger partial charge in [-0.2, -0.15) is 0 Å². The molecule has 92 valence electrons. The minimum atomic E-state index is -0.103. The molecule has 0 unspecified atom stereocenters. The van der Waals surface area contributed by atoms with Gasteiger partial charge in [-0.05, 0) is 39.5 Å². The average molecular weight is 233 g/mol. The highest BCUT2D eigenvalue weighted by Crippen LogP contribution is 2.37. The van der Waals surface area contributed by atoms with Crippen LogP contribution < -0.4 is 5.32 Å². The monoisotopic (exact) mass is 233 g/mol. The van der Waals surface area contributed by atoms with Gasteiger partial charge in [0.05, 0.1) is 11.8 Å². The molecule has 2 aliphatic rings. The Bertz CT molecular complexity index is 402. The van der Waals surface area contributed by atoms with E-state index >= 15 is 0 Å². The molecule has 2 rings (SSSR count). The summed E-state index contributed by atoms with van der Waals surface area (Å²) < 4.78 is 0. The highest BCUT2D eigenvalue weighted by molar-refractivity contribution is 6.05. The number of allylic oxidation sites excluding steroid dienone is 4. The van der Waals surface area contributed by atoms with Crippen LogP contribution in [-0.4, -0.2) is 11.8 Å². The molecule has 17 heavy (non-hydrogen) atoms. The van der Waals surface area contributed by atoms with E-state index < -0.39 is 0 Å². The molecule has 1 N–H and O–H groups in total. The molecule has 0 radical (unpaired) electrons. The lowest BCUT2D eigenvalue weighted by Crippen LogP contribution is -2.23. The van der Waals surface area contributed by atoms with Crippen molar-refractivity contribution >= 4 is 11.8 Å². The van der Waals surface area contributed by atoms with E-state index in [1.165, 1.54) is 11.1 Å². The van der Waals surface area contributed by atoms with Crippen molar-refractivity contribution in [1.82, 2.24) is 5.32 Å². The minimum absolute atomic E-state index is 0.0663. The highest BCUT2D eigenvalue weighted by Gasteiger charge is 2.43. The van der Waals surface area contributed by atoms with Crippen molar-refractivity contribution in [1.29, 1.82) is 0 Å². The molecule has 1 aliphatic heterocycles. The van der Waals surface area contributed by atoms with Gasteiger partial charge in [-0.25, -0.2) is 0 Å². The fourth-order valence-corrected chi connectivity index (χ4v) is 2.61. The van der Waals surface area contributed by atoms with E-state index in [9.17, 15) is 9.59 Å². The zero-order chi connectivity index (χ0) is 12.4. The largest absolute Gasteiger partial charge is 0.296 e. The van der Waals surface area contributed by atoms with Crippen LogP contribution in [0.3, 0.4) is 0 Å². The lowest BCUT2D eigenvalue weighted by Gasteiger charge is -2.23. The van der Waals surface area contributed by atoms with Crippen LogP contribution in [0.2, 0.25) is 0 Å². The number of hydrogen-bond donors (Lipinski definition) is 1. The molecule has 3 heteroatoms. The maximum Gasteiger partial charge on any atom is 0.230 e. The average Bonchev–Trinajstić information content (AvgIpc) is 2.54. The Morgan fingerprint density at radius 2 is 2.00 bits per heavy atom. The molecule has 1 heterocycles. The zero-order valence-electron chi connectivity index (χ0n) is 10.5. The Morgan fingerprint density at radius 3 is 2.71 bits per heavy atom. The van der Waals surface area contributed by atoms with Crippen molar-refractivity contribution in [3.63, 3.8) is 0 Å². The van der Waals surface area contributed by atoms with Crippen molar-refractivity contribution in [2.75, 3.05) is 0 Å². The van der Waals surface area contributed by atoms with Crippen molar-refractivity contribution in [2.45, 2.75) is 39.5 Å². The van der Waals surface area contributed by atoms with Crippen LogP contribution in [0.15, 0.2) is 23.3 Å². The molecule has 2 fully saturated rings. The highest BCUT2D eigenvalue weighted by atomic mass is 16.2. The first-order valence-corrected chi connectivity index (χ1v) is 6.24. The van der Waals surface area contributed by atoms with Gasteiger partial charge in [-0.1, -0.05) is 23.3 Å². The van der Waals surface area contributed by atoms with E-state index in [0.717, 1.165) is 25.7 Å². The standard InChI is InChI=1S/C14H19NO2/c1-9(2)4-3-5-10-6-7-11-12(8-10)14(17)15-13(11)16/h4-5,11-12H,3,6-8H2,1-2H3,(H,15,16,17)/b10-5-/t11-,12-/m1/s1. The Labute approximate surface area is 102 Å². The van der Waals surface area contributed by atoms with Gasteiger partial charge in [0.2, 0.25) is 11.8 Å². The van der Waals surface area contributed by atoms with E-state index in [1.54, 1.807) is 0 Å². The second-order valence-corrected chi connectivity index (χ2v) is 5.19. The number of rotatable bonds is 2. The zero-order valence-corrected chi connectivity index (χ0v) is 10.5. The van der Waals surface area contributed by atoms with Crippen LogP contribution in [0.25, 0.3) is 0 Å². The molecule has 3 nitrogen and oxygen atoms in total. The van der Waals surface area contributed by atoms with Gasteiger partial charge in [0.15, 0.2) is 0 Å². The lowest BCUT2D eigenvalue weighted by molar-refractivity contribution is -0.126. The summed E-state index contributed by atoms with van der Waals surface area (Å²) in [5.41, 5.74) is 2.64. The van der Waals surface area contributed by atoms with E-state index in [4.69, 9.17) is 0 Å². The summed E-state index contributed by atoms with van der Waals surface area (Å²) in [5.74, 6) is -0.312. The summed E-state index contributed by atoms with van der Waals surface area (Å²) in [6, 6.07) is 0. The number of carbonyl (C=O) groups is 2. The molecule has 0 aromatic rings. The van der Waals surface area contributed by atoms with Crippen LogP contribution >= 0.6 is 0 Å². The molecular formula is C14H19NO2. The van der Waals surface area contributed by atoms with Gasteiger partial charge < -0.3 is 0 Å². The first-order valence-electron chi connectivity index (χ1n) is 6.24. The molecule has 2 amide bonds. The molecular weight excluding hydrogens is 214 g/mol. The SMILES string of the molecule is CC(C)=CC/C=C1/CC[C@H]2C(=O)NC(=O)[C@@H]2C1. The lowest BCUT2D eigenvalue weighted by atomic mass is 9.78. The summed E-state index contributed by atoms with van der Waals surface area (Å²) in [6.45, 7) is 4.16. The third-order valence-corrected chi connectivity index (χ3v) is 3.60. The Hall–Kier alpha value is -1.38. The number of hydrogen-bond acceptors (Lipinski definition) is 2. The third kappa shape index (κ3) is 2.65. The summed E-state index contributed by atoms with van der Waals surface area (Å²) in [5, 5.41) is 2.44. The summed E-state index contributed by atoms with van der Waals surface area (Å²) in [6.07, 6.45) is 7.86. The minimum Gasteiger partial charge on any atom is -0.296 e. The smallest absolute Gasteiger partial charge is 0.230 e. The Morgan fingerprint density at radius 1 is 1.29 bits per heavy atom. The summed E-state index contributed by atoms with van der Waals surface area (Å²) >= 11 is 0. The quantitative estimate of drug-likeness (QED) is 0.588. The summed E-state index contributed by atoms with van der Waals surface area (Å²) in [4.78, 5) is 23.0. The van der Waals surface area contributed by atoms with Gasteiger partial charge >= 0.3 is 0 Å². The number of imide groups is 1. The molecule has 1 saturated heterocycles. The predicted molar refractivity (Wildman–Crippen MR) is 66.1 cm³/mol. The van der Waals surface area contributed by atoms with Crippen LogP contribution in [0, 0.1) is 11.8 Å². The molecule has 1 aliphatic carbocycles. The topological polar surface area (TPSA) is 46.2 Å². The van der Waals surface area contributed by atoms with E-state index in [-0.39, 0.29) is 23.7 Å². The van der Waals surface area contributed by atoms with Crippen molar-refractivity contribution in [3.8, 4) is 0 Å². The van der Waals surface area contributed by atoms with Crippen LogP contribution in [0.1, 0.15) is 39.5 Å². The van der Waals surface area contributed by atoms with E-state index in [0.29, 0.717) is 0 Å². The number of nitrogens with one attached hydrogen (secondary N) is 1. The molecule has 0 aromatic carbocycles. The van der Waals surface area contributed by atoms with E-state index in [2.05, 4.69) is 31.3 Å². The van der Waals surface area contributed by atoms with Crippen molar-refractivity contribution in [3.05, 3.63) is 23.3 Å². The van der Waals surface area contributed by atoms with Gasteiger partial charge in [0.1, 0.15) is 0 Å². The van der Waals surface area contributed by atoms with E-state index in [1.807, 2.05) is 0 Å². The van der Waals surface area contributed by atoms with Gasteiger partial charge in [0, 0.05) is 0 Å². The normalized spacial score (nSPS) is 30.1. The van der Waals surface area contributed by atoms with Crippen molar-refractivity contribution in [2.24, 2.45) is 11.8 Å². The fourth-order valence-electron chi connectivity index (χ4n) is 2.61. The Balaban J connectivity index is 2.00.